The minimum Gasteiger partial charge on any atom is -0.333 e. The molecule has 0 bridgehead atoms. The SMILES string of the molecule is CCCc1sc(-c2nc(C3(N)CCC3)no2)cc1CC. The zero-order valence-electron chi connectivity index (χ0n) is 12.1. The van der Waals surface area contributed by atoms with Crippen LogP contribution in [-0.2, 0) is 18.4 Å². The molecule has 108 valence electrons. The maximum absolute atomic E-state index is 6.24. The van der Waals surface area contributed by atoms with Gasteiger partial charge in [-0.25, -0.2) is 0 Å². The minimum absolute atomic E-state index is 0.348. The zero-order valence-corrected chi connectivity index (χ0v) is 12.9. The molecule has 2 aromatic rings. The highest BCUT2D eigenvalue weighted by molar-refractivity contribution is 7.15. The van der Waals surface area contributed by atoms with Gasteiger partial charge in [0.05, 0.1) is 10.4 Å². The van der Waals surface area contributed by atoms with Gasteiger partial charge in [-0.3, -0.25) is 0 Å². The lowest BCUT2D eigenvalue weighted by Crippen LogP contribution is -2.44. The molecule has 0 unspecified atom stereocenters. The summed E-state index contributed by atoms with van der Waals surface area (Å²) in [4.78, 5) is 7.05. The molecule has 1 saturated carbocycles. The van der Waals surface area contributed by atoms with Gasteiger partial charge in [-0.15, -0.1) is 11.3 Å². The number of aromatic nitrogens is 2. The number of thiophene rings is 1. The highest BCUT2D eigenvalue weighted by Gasteiger charge is 2.39. The van der Waals surface area contributed by atoms with Crippen LogP contribution in [0.3, 0.4) is 0 Å². The van der Waals surface area contributed by atoms with Gasteiger partial charge in [0.1, 0.15) is 0 Å². The number of rotatable bonds is 5. The van der Waals surface area contributed by atoms with Crippen molar-refractivity contribution in [2.24, 2.45) is 5.73 Å². The lowest BCUT2D eigenvalue weighted by atomic mass is 9.77. The average molecular weight is 291 g/mol. The Hall–Kier alpha value is -1.20. The molecule has 5 heteroatoms. The summed E-state index contributed by atoms with van der Waals surface area (Å²) in [5.74, 6) is 1.29. The Bertz CT molecular complexity index is 598. The van der Waals surface area contributed by atoms with Crippen LogP contribution in [0, 0.1) is 0 Å². The molecule has 2 aromatic heterocycles. The van der Waals surface area contributed by atoms with E-state index in [0.29, 0.717) is 11.7 Å². The van der Waals surface area contributed by atoms with Gasteiger partial charge in [-0.05, 0) is 43.7 Å². The van der Waals surface area contributed by atoms with E-state index in [2.05, 4.69) is 30.1 Å². The Morgan fingerprint density at radius 3 is 2.80 bits per heavy atom. The van der Waals surface area contributed by atoms with Crippen LogP contribution in [0.4, 0.5) is 0 Å². The monoisotopic (exact) mass is 291 g/mol. The second-order valence-electron chi connectivity index (χ2n) is 5.60. The second-order valence-corrected chi connectivity index (χ2v) is 6.73. The fourth-order valence-corrected chi connectivity index (χ4v) is 3.89. The number of aryl methyl sites for hydroxylation is 2. The molecule has 0 radical (unpaired) electrons. The first-order valence-electron chi connectivity index (χ1n) is 7.41. The van der Waals surface area contributed by atoms with Gasteiger partial charge >= 0.3 is 0 Å². The van der Waals surface area contributed by atoms with Crippen LogP contribution < -0.4 is 5.73 Å². The highest BCUT2D eigenvalue weighted by atomic mass is 32.1. The summed E-state index contributed by atoms with van der Waals surface area (Å²) in [7, 11) is 0. The molecule has 1 fully saturated rings. The molecular weight excluding hydrogens is 270 g/mol. The van der Waals surface area contributed by atoms with Crippen molar-refractivity contribution in [3.05, 3.63) is 22.3 Å². The average Bonchev–Trinajstić information content (AvgIpc) is 3.02. The molecule has 0 spiro atoms. The van der Waals surface area contributed by atoms with E-state index in [4.69, 9.17) is 10.3 Å². The van der Waals surface area contributed by atoms with Gasteiger partial charge in [-0.2, -0.15) is 4.98 Å². The van der Waals surface area contributed by atoms with Crippen LogP contribution in [0.25, 0.3) is 10.8 Å². The third-order valence-corrected chi connectivity index (χ3v) is 5.31. The van der Waals surface area contributed by atoms with Crippen molar-refractivity contribution in [3.8, 4) is 10.8 Å². The molecule has 0 aliphatic heterocycles. The van der Waals surface area contributed by atoms with Crippen LogP contribution >= 0.6 is 11.3 Å². The van der Waals surface area contributed by atoms with Crippen LogP contribution in [0.15, 0.2) is 10.6 Å². The molecule has 1 aliphatic rings. The molecular formula is C15H21N3OS. The van der Waals surface area contributed by atoms with E-state index in [0.717, 1.165) is 43.4 Å². The molecule has 0 amide bonds. The van der Waals surface area contributed by atoms with Crippen molar-refractivity contribution in [2.45, 2.75) is 57.9 Å². The topological polar surface area (TPSA) is 64.9 Å². The first-order valence-corrected chi connectivity index (χ1v) is 8.23. The summed E-state index contributed by atoms with van der Waals surface area (Å²) < 4.78 is 5.43. The Morgan fingerprint density at radius 1 is 1.40 bits per heavy atom. The van der Waals surface area contributed by atoms with E-state index in [9.17, 15) is 0 Å². The largest absolute Gasteiger partial charge is 0.333 e. The van der Waals surface area contributed by atoms with Crippen molar-refractivity contribution in [1.82, 2.24) is 10.1 Å². The predicted octanol–water partition coefficient (Wildman–Crippen LogP) is 3.65. The van der Waals surface area contributed by atoms with E-state index in [1.54, 1.807) is 11.3 Å². The Balaban J connectivity index is 1.89. The molecule has 2 N–H and O–H groups in total. The molecule has 4 nitrogen and oxygen atoms in total. The number of nitrogens with zero attached hydrogens (tertiary/aromatic N) is 2. The summed E-state index contributed by atoms with van der Waals surface area (Å²) in [6.45, 7) is 4.39. The number of hydrogen-bond donors (Lipinski definition) is 1. The Labute approximate surface area is 123 Å². The fourth-order valence-electron chi connectivity index (χ4n) is 2.62. The Morgan fingerprint density at radius 2 is 2.20 bits per heavy atom. The summed E-state index contributed by atoms with van der Waals surface area (Å²) in [6, 6.07) is 2.19. The fraction of sp³-hybridized carbons (Fsp3) is 0.600. The van der Waals surface area contributed by atoms with E-state index in [1.807, 2.05) is 0 Å². The van der Waals surface area contributed by atoms with Crippen molar-refractivity contribution < 1.29 is 4.52 Å². The van der Waals surface area contributed by atoms with E-state index in [-0.39, 0.29) is 5.54 Å². The molecule has 20 heavy (non-hydrogen) atoms. The van der Waals surface area contributed by atoms with Gasteiger partial charge in [0.15, 0.2) is 5.82 Å². The smallest absolute Gasteiger partial charge is 0.268 e. The number of hydrogen-bond acceptors (Lipinski definition) is 5. The normalized spacial score (nSPS) is 17.1. The molecule has 2 heterocycles. The van der Waals surface area contributed by atoms with Crippen LogP contribution in [0.2, 0.25) is 0 Å². The molecule has 0 atom stereocenters. The first-order chi connectivity index (χ1) is 9.66. The third-order valence-electron chi connectivity index (χ3n) is 4.08. The lowest BCUT2D eigenvalue weighted by molar-refractivity contribution is 0.229. The minimum atomic E-state index is -0.348. The van der Waals surface area contributed by atoms with E-state index < -0.39 is 0 Å². The summed E-state index contributed by atoms with van der Waals surface area (Å²) in [5.41, 5.74) is 7.30. The Kier molecular flexibility index (Phi) is 3.65. The summed E-state index contributed by atoms with van der Waals surface area (Å²) in [5, 5.41) is 4.09. The summed E-state index contributed by atoms with van der Waals surface area (Å²) >= 11 is 1.77. The third kappa shape index (κ3) is 2.29. The van der Waals surface area contributed by atoms with Crippen molar-refractivity contribution in [2.75, 3.05) is 0 Å². The van der Waals surface area contributed by atoms with Crippen LogP contribution in [0.1, 0.15) is 55.8 Å². The van der Waals surface area contributed by atoms with Gasteiger partial charge in [0.25, 0.3) is 5.89 Å². The van der Waals surface area contributed by atoms with Crippen molar-refractivity contribution in [1.29, 1.82) is 0 Å². The maximum Gasteiger partial charge on any atom is 0.268 e. The molecule has 0 saturated heterocycles. The lowest BCUT2D eigenvalue weighted by Gasteiger charge is -2.34. The quantitative estimate of drug-likeness (QED) is 0.913. The van der Waals surface area contributed by atoms with Gasteiger partial charge < -0.3 is 10.3 Å². The molecule has 1 aliphatic carbocycles. The second kappa shape index (κ2) is 5.30. The van der Waals surface area contributed by atoms with Crippen LogP contribution in [0.5, 0.6) is 0 Å². The molecule has 3 rings (SSSR count). The predicted molar refractivity (Wildman–Crippen MR) is 80.7 cm³/mol. The van der Waals surface area contributed by atoms with Gasteiger partial charge in [-0.1, -0.05) is 25.4 Å². The van der Waals surface area contributed by atoms with Crippen LogP contribution in [-0.4, -0.2) is 10.1 Å². The summed E-state index contributed by atoms with van der Waals surface area (Å²) in [6.07, 6.45) is 6.40. The highest BCUT2D eigenvalue weighted by Crippen LogP contribution is 2.39. The van der Waals surface area contributed by atoms with Gasteiger partial charge in [0, 0.05) is 4.88 Å². The molecule has 0 aromatic carbocycles. The standard InChI is InChI=1S/C15H21N3OS/c1-3-6-11-10(4-2)9-12(20-11)13-17-14(18-19-13)15(16)7-5-8-15/h9H,3-8,16H2,1-2H3. The van der Waals surface area contributed by atoms with Crippen molar-refractivity contribution >= 4 is 11.3 Å². The van der Waals surface area contributed by atoms with Gasteiger partial charge in [0.2, 0.25) is 0 Å². The first kappa shape index (κ1) is 13.8. The van der Waals surface area contributed by atoms with E-state index >= 15 is 0 Å². The van der Waals surface area contributed by atoms with Crippen molar-refractivity contribution in [3.63, 3.8) is 0 Å². The maximum atomic E-state index is 6.24. The number of nitrogens with two attached hydrogens (primary N) is 1. The van der Waals surface area contributed by atoms with E-state index in [1.165, 1.54) is 10.4 Å². The zero-order chi connectivity index (χ0) is 14.2.